The standard InChI is InChI=1S/C10H13N3O2/c1-7(14)13-8-4-2-3-5-9(8)15-6-10(11)12/h2-5H,6H2,1H3,(H3,11,12)(H,13,14). The Labute approximate surface area is 87.7 Å². The minimum Gasteiger partial charge on any atom is -0.484 e. The third-order valence-electron chi connectivity index (χ3n) is 1.58. The fourth-order valence-corrected chi connectivity index (χ4v) is 1.04. The lowest BCUT2D eigenvalue weighted by molar-refractivity contribution is -0.114. The van der Waals surface area contributed by atoms with E-state index in [2.05, 4.69) is 5.32 Å². The van der Waals surface area contributed by atoms with Gasteiger partial charge in [-0.3, -0.25) is 10.2 Å². The zero-order chi connectivity index (χ0) is 11.3. The Morgan fingerprint density at radius 3 is 2.80 bits per heavy atom. The lowest BCUT2D eigenvalue weighted by Crippen LogP contribution is -2.19. The number of rotatable bonds is 4. The molecule has 0 aliphatic rings. The minimum atomic E-state index is -0.172. The fourth-order valence-electron chi connectivity index (χ4n) is 1.04. The quantitative estimate of drug-likeness (QED) is 0.507. The van der Waals surface area contributed by atoms with E-state index < -0.39 is 0 Å². The average molecular weight is 207 g/mol. The van der Waals surface area contributed by atoms with E-state index in [0.717, 1.165) is 0 Å². The smallest absolute Gasteiger partial charge is 0.221 e. The number of ether oxygens (including phenoxy) is 1. The van der Waals surface area contributed by atoms with E-state index in [1.165, 1.54) is 6.92 Å². The molecule has 1 amide bonds. The van der Waals surface area contributed by atoms with Crippen LogP contribution in [0.5, 0.6) is 5.75 Å². The number of carbonyl (C=O) groups is 1. The van der Waals surface area contributed by atoms with Gasteiger partial charge in [0.15, 0.2) is 0 Å². The predicted molar refractivity (Wildman–Crippen MR) is 58.2 cm³/mol. The van der Waals surface area contributed by atoms with E-state index in [0.29, 0.717) is 11.4 Å². The van der Waals surface area contributed by atoms with Crippen LogP contribution in [-0.4, -0.2) is 18.3 Å². The zero-order valence-corrected chi connectivity index (χ0v) is 8.41. The van der Waals surface area contributed by atoms with Gasteiger partial charge in [0.25, 0.3) is 0 Å². The summed E-state index contributed by atoms with van der Waals surface area (Å²) in [7, 11) is 0. The highest BCUT2D eigenvalue weighted by Gasteiger charge is 2.04. The maximum absolute atomic E-state index is 10.9. The first-order valence-corrected chi connectivity index (χ1v) is 4.42. The van der Waals surface area contributed by atoms with Crippen molar-refractivity contribution in [1.82, 2.24) is 0 Å². The van der Waals surface area contributed by atoms with Crippen molar-refractivity contribution in [2.75, 3.05) is 11.9 Å². The van der Waals surface area contributed by atoms with E-state index in [4.69, 9.17) is 15.9 Å². The molecule has 0 saturated heterocycles. The first kappa shape index (κ1) is 11.0. The number of anilines is 1. The number of amidine groups is 1. The van der Waals surface area contributed by atoms with Crippen LogP contribution in [0.25, 0.3) is 0 Å². The van der Waals surface area contributed by atoms with Crippen LogP contribution in [0, 0.1) is 5.41 Å². The zero-order valence-electron chi connectivity index (χ0n) is 8.41. The SMILES string of the molecule is CC(=O)Nc1ccccc1OCC(=N)N. The lowest BCUT2D eigenvalue weighted by Gasteiger charge is -2.10. The van der Waals surface area contributed by atoms with Gasteiger partial charge in [0.05, 0.1) is 5.69 Å². The van der Waals surface area contributed by atoms with Crippen molar-refractivity contribution in [2.24, 2.45) is 5.73 Å². The normalized spacial score (nSPS) is 9.40. The molecule has 0 saturated carbocycles. The second-order valence-corrected chi connectivity index (χ2v) is 2.99. The summed E-state index contributed by atoms with van der Waals surface area (Å²) in [5.74, 6) is 0.268. The summed E-state index contributed by atoms with van der Waals surface area (Å²) in [6.07, 6.45) is 0. The number of nitrogens with two attached hydrogens (primary N) is 1. The topological polar surface area (TPSA) is 88.2 Å². The molecular formula is C10H13N3O2. The Kier molecular flexibility index (Phi) is 3.68. The number of amides is 1. The van der Waals surface area contributed by atoms with E-state index >= 15 is 0 Å². The van der Waals surface area contributed by atoms with E-state index in [1.807, 2.05) is 0 Å². The molecule has 1 aromatic rings. The van der Waals surface area contributed by atoms with Gasteiger partial charge < -0.3 is 15.8 Å². The van der Waals surface area contributed by atoms with Gasteiger partial charge in [-0.1, -0.05) is 12.1 Å². The molecule has 0 atom stereocenters. The predicted octanol–water partition coefficient (Wildman–Crippen LogP) is 0.960. The number of para-hydroxylation sites is 2. The second-order valence-electron chi connectivity index (χ2n) is 2.99. The van der Waals surface area contributed by atoms with Gasteiger partial charge in [-0.15, -0.1) is 0 Å². The maximum atomic E-state index is 10.9. The number of carbonyl (C=O) groups excluding carboxylic acids is 1. The van der Waals surface area contributed by atoms with Crippen molar-refractivity contribution in [1.29, 1.82) is 5.41 Å². The van der Waals surface area contributed by atoms with Gasteiger partial charge >= 0.3 is 0 Å². The van der Waals surface area contributed by atoms with Crippen LogP contribution in [0.15, 0.2) is 24.3 Å². The Morgan fingerprint density at radius 2 is 2.20 bits per heavy atom. The molecule has 0 aliphatic heterocycles. The van der Waals surface area contributed by atoms with Crippen molar-refractivity contribution in [2.45, 2.75) is 6.92 Å². The maximum Gasteiger partial charge on any atom is 0.221 e. The molecule has 0 aromatic heterocycles. The molecule has 5 heteroatoms. The van der Waals surface area contributed by atoms with E-state index in [1.54, 1.807) is 24.3 Å². The van der Waals surface area contributed by atoms with Gasteiger partial charge in [0.2, 0.25) is 5.91 Å². The van der Waals surface area contributed by atoms with Gasteiger partial charge in [-0.05, 0) is 12.1 Å². The Balaban J connectivity index is 2.76. The molecule has 1 rings (SSSR count). The third kappa shape index (κ3) is 3.68. The summed E-state index contributed by atoms with van der Waals surface area (Å²) in [4.78, 5) is 10.9. The molecule has 0 spiro atoms. The van der Waals surface area contributed by atoms with Crippen molar-refractivity contribution in [3.05, 3.63) is 24.3 Å². The number of hydrogen-bond donors (Lipinski definition) is 3. The molecule has 80 valence electrons. The Hall–Kier alpha value is -2.04. The highest BCUT2D eigenvalue weighted by molar-refractivity contribution is 5.90. The molecule has 0 unspecified atom stereocenters. The van der Waals surface area contributed by atoms with Gasteiger partial charge in [-0.2, -0.15) is 0 Å². The Morgan fingerprint density at radius 1 is 1.53 bits per heavy atom. The van der Waals surface area contributed by atoms with Crippen molar-refractivity contribution >= 4 is 17.4 Å². The summed E-state index contributed by atoms with van der Waals surface area (Å²) >= 11 is 0. The second kappa shape index (κ2) is 4.99. The van der Waals surface area contributed by atoms with Crippen LogP contribution in [0.1, 0.15) is 6.92 Å². The van der Waals surface area contributed by atoms with Gasteiger partial charge in [0.1, 0.15) is 18.2 Å². The van der Waals surface area contributed by atoms with Crippen LogP contribution < -0.4 is 15.8 Å². The molecule has 0 heterocycles. The van der Waals surface area contributed by atoms with Crippen LogP contribution in [0.3, 0.4) is 0 Å². The Bertz CT molecular complexity index is 377. The summed E-state index contributed by atoms with van der Waals surface area (Å²) in [5, 5.41) is 9.64. The highest BCUT2D eigenvalue weighted by atomic mass is 16.5. The fraction of sp³-hybridized carbons (Fsp3) is 0.200. The lowest BCUT2D eigenvalue weighted by atomic mass is 10.3. The largest absolute Gasteiger partial charge is 0.484 e. The molecule has 0 aliphatic carbocycles. The molecule has 4 N–H and O–H groups in total. The van der Waals surface area contributed by atoms with Crippen LogP contribution in [-0.2, 0) is 4.79 Å². The van der Waals surface area contributed by atoms with E-state index in [-0.39, 0.29) is 18.3 Å². The van der Waals surface area contributed by atoms with Crippen molar-refractivity contribution in [3.63, 3.8) is 0 Å². The number of nitrogens with one attached hydrogen (secondary N) is 2. The highest BCUT2D eigenvalue weighted by Crippen LogP contribution is 2.23. The number of benzene rings is 1. The molecule has 1 aromatic carbocycles. The molecule has 15 heavy (non-hydrogen) atoms. The molecule has 5 nitrogen and oxygen atoms in total. The van der Waals surface area contributed by atoms with Crippen LogP contribution >= 0.6 is 0 Å². The summed E-state index contributed by atoms with van der Waals surface area (Å²) < 4.78 is 5.24. The van der Waals surface area contributed by atoms with Crippen LogP contribution in [0.2, 0.25) is 0 Å². The summed E-state index contributed by atoms with van der Waals surface area (Å²) in [6.45, 7) is 1.43. The number of hydrogen-bond acceptors (Lipinski definition) is 3. The van der Waals surface area contributed by atoms with Gasteiger partial charge in [-0.25, -0.2) is 0 Å². The summed E-state index contributed by atoms with van der Waals surface area (Å²) in [5.41, 5.74) is 5.74. The average Bonchev–Trinajstić information content (AvgIpc) is 2.15. The first-order valence-electron chi connectivity index (χ1n) is 4.42. The molecular weight excluding hydrogens is 194 g/mol. The first-order chi connectivity index (χ1) is 7.09. The van der Waals surface area contributed by atoms with Crippen LogP contribution in [0.4, 0.5) is 5.69 Å². The summed E-state index contributed by atoms with van der Waals surface area (Å²) in [6, 6.07) is 6.98. The monoisotopic (exact) mass is 207 g/mol. The van der Waals surface area contributed by atoms with Gasteiger partial charge in [0, 0.05) is 6.92 Å². The molecule has 0 fully saturated rings. The van der Waals surface area contributed by atoms with E-state index in [9.17, 15) is 4.79 Å². The third-order valence-corrected chi connectivity index (χ3v) is 1.58. The molecule has 0 radical (unpaired) electrons. The van der Waals surface area contributed by atoms with Crippen molar-refractivity contribution < 1.29 is 9.53 Å². The molecule has 0 bridgehead atoms. The van der Waals surface area contributed by atoms with Crippen molar-refractivity contribution in [3.8, 4) is 5.75 Å². The minimum absolute atomic E-state index is 0.0105.